The number of nitrogens with zero attached hydrogens (tertiary/aromatic N) is 1. The summed E-state index contributed by atoms with van der Waals surface area (Å²) in [7, 11) is -3.49. The van der Waals surface area contributed by atoms with Crippen LogP contribution >= 0.6 is 0 Å². The molecule has 0 atom stereocenters. The minimum atomic E-state index is -3.49. The summed E-state index contributed by atoms with van der Waals surface area (Å²) in [6.45, 7) is 0.202. The van der Waals surface area contributed by atoms with Gasteiger partial charge >= 0.3 is 0 Å². The molecule has 0 saturated heterocycles. The molecule has 0 bridgehead atoms. The summed E-state index contributed by atoms with van der Waals surface area (Å²) in [5, 5.41) is 0. The van der Waals surface area contributed by atoms with Crippen molar-refractivity contribution >= 4 is 21.1 Å². The topological polar surface area (TPSA) is 72.2 Å². The Morgan fingerprint density at radius 2 is 1.90 bits per heavy atom. The molecular weight excluding hydrogens is 276 g/mol. The van der Waals surface area contributed by atoms with Gasteiger partial charge in [0.05, 0.1) is 4.90 Å². The van der Waals surface area contributed by atoms with E-state index in [0.717, 1.165) is 11.1 Å². The van der Waals surface area contributed by atoms with Crippen molar-refractivity contribution < 1.29 is 12.8 Å². The van der Waals surface area contributed by atoms with Gasteiger partial charge in [0.15, 0.2) is 12.0 Å². The molecule has 0 radical (unpaired) electrons. The van der Waals surface area contributed by atoms with Crippen LogP contribution in [0, 0.1) is 0 Å². The van der Waals surface area contributed by atoms with Gasteiger partial charge in [0, 0.05) is 6.54 Å². The molecule has 0 aliphatic rings. The van der Waals surface area contributed by atoms with E-state index in [2.05, 4.69) is 9.71 Å². The van der Waals surface area contributed by atoms with Gasteiger partial charge in [0.2, 0.25) is 10.0 Å². The SMILES string of the molecule is O=S(=O)(NCc1ccc2ncoc2c1)c1ccccc1. The molecule has 3 rings (SSSR count). The van der Waals surface area contributed by atoms with Gasteiger partial charge < -0.3 is 4.42 Å². The van der Waals surface area contributed by atoms with Gasteiger partial charge in [0.1, 0.15) is 5.52 Å². The van der Waals surface area contributed by atoms with E-state index in [0.29, 0.717) is 5.58 Å². The highest BCUT2D eigenvalue weighted by Crippen LogP contribution is 2.15. The fourth-order valence-corrected chi connectivity index (χ4v) is 2.91. The quantitative estimate of drug-likeness (QED) is 0.799. The first-order chi connectivity index (χ1) is 9.65. The standard InChI is InChI=1S/C14H12N2O3S/c17-20(18,12-4-2-1-3-5-12)16-9-11-6-7-13-14(8-11)19-10-15-13/h1-8,10,16H,9H2. The number of hydrogen-bond donors (Lipinski definition) is 1. The van der Waals surface area contributed by atoms with Crippen molar-refractivity contribution in [3.63, 3.8) is 0 Å². The molecule has 1 N–H and O–H groups in total. The molecule has 0 saturated carbocycles. The Hall–Kier alpha value is -2.18. The minimum Gasteiger partial charge on any atom is -0.443 e. The Labute approximate surface area is 116 Å². The minimum absolute atomic E-state index is 0.202. The molecule has 102 valence electrons. The van der Waals surface area contributed by atoms with E-state index in [1.165, 1.54) is 6.39 Å². The third-order valence-electron chi connectivity index (χ3n) is 2.92. The van der Waals surface area contributed by atoms with Crippen LogP contribution in [0.25, 0.3) is 11.1 Å². The van der Waals surface area contributed by atoms with Crippen LogP contribution in [0.5, 0.6) is 0 Å². The van der Waals surface area contributed by atoms with Crippen LogP contribution in [0.4, 0.5) is 0 Å². The summed E-state index contributed by atoms with van der Waals surface area (Å²) in [4.78, 5) is 4.26. The molecule has 0 aliphatic heterocycles. The molecule has 0 amide bonds. The van der Waals surface area contributed by atoms with Crippen LogP contribution in [0.15, 0.2) is 64.2 Å². The monoisotopic (exact) mass is 288 g/mol. The Balaban J connectivity index is 1.79. The molecule has 0 spiro atoms. The van der Waals surface area contributed by atoms with Gasteiger partial charge in [-0.3, -0.25) is 0 Å². The number of aromatic nitrogens is 1. The second-order valence-corrected chi connectivity index (χ2v) is 6.06. The normalized spacial score (nSPS) is 11.8. The lowest BCUT2D eigenvalue weighted by molar-refractivity contribution is 0.580. The second kappa shape index (κ2) is 5.07. The molecule has 0 fully saturated rings. The third kappa shape index (κ3) is 2.56. The first kappa shape index (κ1) is 12.8. The van der Waals surface area contributed by atoms with E-state index in [4.69, 9.17) is 4.42 Å². The molecule has 2 aromatic carbocycles. The highest BCUT2D eigenvalue weighted by atomic mass is 32.2. The van der Waals surface area contributed by atoms with Crippen LogP contribution in [-0.2, 0) is 16.6 Å². The number of hydrogen-bond acceptors (Lipinski definition) is 4. The van der Waals surface area contributed by atoms with E-state index in [1.54, 1.807) is 42.5 Å². The van der Waals surface area contributed by atoms with Crippen molar-refractivity contribution in [3.05, 3.63) is 60.5 Å². The molecule has 5 nitrogen and oxygen atoms in total. The number of oxazole rings is 1. The lowest BCUT2D eigenvalue weighted by Gasteiger charge is -2.06. The molecular formula is C14H12N2O3S. The van der Waals surface area contributed by atoms with Crippen molar-refractivity contribution in [2.45, 2.75) is 11.4 Å². The third-order valence-corrected chi connectivity index (χ3v) is 4.33. The predicted octanol–water partition coefficient (Wildman–Crippen LogP) is 2.31. The summed E-state index contributed by atoms with van der Waals surface area (Å²) in [5.74, 6) is 0. The van der Waals surface area contributed by atoms with Crippen molar-refractivity contribution in [1.82, 2.24) is 9.71 Å². The van der Waals surface area contributed by atoms with E-state index in [9.17, 15) is 8.42 Å². The van der Waals surface area contributed by atoms with E-state index in [-0.39, 0.29) is 11.4 Å². The lowest BCUT2D eigenvalue weighted by atomic mass is 10.2. The van der Waals surface area contributed by atoms with E-state index >= 15 is 0 Å². The van der Waals surface area contributed by atoms with Crippen molar-refractivity contribution in [3.8, 4) is 0 Å². The predicted molar refractivity (Wildman–Crippen MR) is 74.5 cm³/mol. The maximum Gasteiger partial charge on any atom is 0.240 e. The zero-order valence-corrected chi connectivity index (χ0v) is 11.3. The van der Waals surface area contributed by atoms with Crippen LogP contribution in [0.1, 0.15) is 5.56 Å². The summed E-state index contributed by atoms with van der Waals surface area (Å²) in [6.07, 6.45) is 1.36. The van der Waals surface area contributed by atoms with Gasteiger partial charge in [0.25, 0.3) is 0 Å². The molecule has 0 aliphatic carbocycles. The Bertz CT molecular complexity index is 826. The fraction of sp³-hybridized carbons (Fsp3) is 0.0714. The van der Waals surface area contributed by atoms with Crippen molar-refractivity contribution in [2.75, 3.05) is 0 Å². The summed E-state index contributed by atoms with van der Waals surface area (Å²) in [5.41, 5.74) is 2.20. The number of sulfonamides is 1. The largest absolute Gasteiger partial charge is 0.443 e. The van der Waals surface area contributed by atoms with Crippen LogP contribution in [-0.4, -0.2) is 13.4 Å². The summed E-state index contributed by atoms with van der Waals surface area (Å²) in [6, 6.07) is 13.7. The number of rotatable bonds is 4. The summed E-state index contributed by atoms with van der Waals surface area (Å²) < 4.78 is 31.9. The fourth-order valence-electron chi connectivity index (χ4n) is 1.87. The van der Waals surface area contributed by atoms with Crippen LogP contribution < -0.4 is 4.72 Å². The zero-order chi connectivity index (χ0) is 14.0. The Morgan fingerprint density at radius 3 is 2.70 bits per heavy atom. The maximum absolute atomic E-state index is 12.1. The molecule has 1 heterocycles. The smallest absolute Gasteiger partial charge is 0.240 e. The van der Waals surface area contributed by atoms with Gasteiger partial charge in [-0.15, -0.1) is 0 Å². The molecule has 1 aromatic heterocycles. The first-order valence-electron chi connectivity index (χ1n) is 6.02. The number of nitrogens with one attached hydrogen (secondary N) is 1. The highest BCUT2D eigenvalue weighted by Gasteiger charge is 2.12. The first-order valence-corrected chi connectivity index (χ1v) is 7.50. The van der Waals surface area contributed by atoms with Gasteiger partial charge in [-0.1, -0.05) is 24.3 Å². The average Bonchev–Trinajstić information content (AvgIpc) is 2.94. The average molecular weight is 288 g/mol. The second-order valence-electron chi connectivity index (χ2n) is 4.29. The zero-order valence-electron chi connectivity index (χ0n) is 10.5. The van der Waals surface area contributed by atoms with Crippen molar-refractivity contribution in [2.24, 2.45) is 0 Å². The molecule has 20 heavy (non-hydrogen) atoms. The van der Waals surface area contributed by atoms with Gasteiger partial charge in [-0.25, -0.2) is 18.1 Å². The number of fused-ring (bicyclic) bond motifs is 1. The van der Waals surface area contributed by atoms with Crippen LogP contribution in [0.2, 0.25) is 0 Å². The Kier molecular flexibility index (Phi) is 3.25. The van der Waals surface area contributed by atoms with Gasteiger partial charge in [-0.2, -0.15) is 0 Å². The molecule has 6 heteroatoms. The van der Waals surface area contributed by atoms with Crippen LogP contribution in [0.3, 0.4) is 0 Å². The Morgan fingerprint density at radius 1 is 1.10 bits per heavy atom. The molecule has 0 unspecified atom stereocenters. The van der Waals surface area contributed by atoms with E-state index in [1.807, 2.05) is 6.07 Å². The number of benzene rings is 2. The van der Waals surface area contributed by atoms with Crippen molar-refractivity contribution in [1.29, 1.82) is 0 Å². The molecule has 3 aromatic rings. The highest BCUT2D eigenvalue weighted by molar-refractivity contribution is 7.89. The summed E-state index contributed by atoms with van der Waals surface area (Å²) >= 11 is 0. The maximum atomic E-state index is 12.1. The van der Waals surface area contributed by atoms with E-state index < -0.39 is 10.0 Å². The van der Waals surface area contributed by atoms with Gasteiger partial charge in [-0.05, 0) is 29.8 Å². The lowest BCUT2D eigenvalue weighted by Crippen LogP contribution is -2.23.